The van der Waals surface area contributed by atoms with Gasteiger partial charge in [0.15, 0.2) is 0 Å². The monoisotopic (exact) mass is 354 g/mol. The first-order valence-electron chi connectivity index (χ1n) is 6.45. The Balaban J connectivity index is 2.12. The molecule has 106 valence electrons. The number of aliphatic hydroxyl groups is 1. The van der Waals surface area contributed by atoms with Gasteiger partial charge in [-0.25, -0.2) is 0 Å². The summed E-state index contributed by atoms with van der Waals surface area (Å²) in [5.74, 6) is 0.793. The Labute approximate surface area is 132 Å². The van der Waals surface area contributed by atoms with Crippen LogP contribution in [0.2, 0.25) is 5.02 Å². The van der Waals surface area contributed by atoms with Gasteiger partial charge in [0.1, 0.15) is 5.75 Å². The highest BCUT2D eigenvalue weighted by molar-refractivity contribution is 9.10. The topological polar surface area (TPSA) is 29.5 Å². The van der Waals surface area contributed by atoms with Crippen LogP contribution in [0.15, 0.2) is 46.9 Å². The maximum absolute atomic E-state index is 10.3. The molecule has 20 heavy (non-hydrogen) atoms. The van der Waals surface area contributed by atoms with E-state index >= 15 is 0 Å². The van der Waals surface area contributed by atoms with Gasteiger partial charge in [0.05, 0.1) is 12.7 Å². The predicted molar refractivity (Wildman–Crippen MR) is 85.4 cm³/mol. The summed E-state index contributed by atoms with van der Waals surface area (Å²) in [7, 11) is 0. The zero-order valence-electron chi connectivity index (χ0n) is 11.1. The van der Waals surface area contributed by atoms with Gasteiger partial charge in [0.25, 0.3) is 0 Å². The van der Waals surface area contributed by atoms with Crippen LogP contribution in [0.5, 0.6) is 5.75 Å². The number of rotatable bonds is 5. The zero-order valence-corrected chi connectivity index (χ0v) is 13.5. The quantitative estimate of drug-likeness (QED) is 0.836. The Kier molecular flexibility index (Phi) is 5.46. The molecule has 0 fully saturated rings. The average Bonchev–Trinajstić information content (AvgIpc) is 2.42. The molecule has 0 bridgehead atoms. The number of hydrogen-bond donors (Lipinski definition) is 1. The average molecular weight is 356 g/mol. The molecule has 0 spiro atoms. The summed E-state index contributed by atoms with van der Waals surface area (Å²) in [6.45, 7) is 2.57. The number of benzene rings is 2. The van der Waals surface area contributed by atoms with Gasteiger partial charge in [-0.3, -0.25) is 0 Å². The molecule has 1 atom stereocenters. The van der Waals surface area contributed by atoms with Crippen molar-refractivity contribution in [2.24, 2.45) is 0 Å². The first-order chi connectivity index (χ1) is 9.60. The van der Waals surface area contributed by atoms with Crippen LogP contribution in [0.4, 0.5) is 0 Å². The van der Waals surface area contributed by atoms with E-state index in [4.69, 9.17) is 16.3 Å². The summed E-state index contributed by atoms with van der Waals surface area (Å²) >= 11 is 9.34. The normalized spacial score (nSPS) is 12.2. The molecule has 2 aromatic rings. The van der Waals surface area contributed by atoms with Gasteiger partial charge >= 0.3 is 0 Å². The predicted octanol–water partition coefficient (Wildman–Crippen LogP) is 4.78. The van der Waals surface area contributed by atoms with Gasteiger partial charge in [-0.15, -0.1) is 0 Å². The van der Waals surface area contributed by atoms with Crippen molar-refractivity contribution in [2.75, 3.05) is 6.61 Å². The highest BCUT2D eigenvalue weighted by Crippen LogP contribution is 2.29. The summed E-state index contributed by atoms with van der Waals surface area (Å²) < 4.78 is 6.28. The van der Waals surface area contributed by atoms with E-state index in [0.29, 0.717) is 18.1 Å². The van der Waals surface area contributed by atoms with E-state index < -0.39 is 6.10 Å². The van der Waals surface area contributed by atoms with Crippen LogP contribution < -0.4 is 4.74 Å². The molecular weight excluding hydrogens is 340 g/mol. The second-order valence-electron chi connectivity index (χ2n) is 4.46. The van der Waals surface area contributed by atoms with Crippen molar-refractivity contribution in [3.8, 4) is 5.75 Å². The summed E-state index contributed by atoms with van der Waals surface area (Å²) in [6, 6.07) is 13.1. The lowest BCUT2D eigenvalue weighted by molar-refractivity contribution is 0.177. The summed E-state index contributed by atoms with van der Waals surface area (Å²) in [6.07, 6.45) is -0.0229. The summed E-state index contributed by atoms with van der Waals surface area (Å²) in [5, 5.41) is 11.0. The standard InChI is InChI=1S/C16H16BrClO2/c1-2-20-13-7-8-14(15(17)10-13)16(19)9-11-3-5-12(18)6-4-11/h3-8,10,16,19H,2,9H2,1H3. The Morgan fingerprint density at radius 2 is 1.90 bits per heavy atom. The molecule has 0 amide bonds. The number of hydrogen-bond acceptors (Lipinski definition) is 2. The highest BCUT2D eigenvalue weighted by Gasteiger charge is 2.13. The molecule has 0 aliphatic rings. The van der Waals surface area contributed by atoms with Gasteiger partial charge in [0, 0.05) is 15.9 Å². The third-order valence-corrected chi connectivity index (χ3v) is 3.92. The maximum atomic E-state index is 10.3. The third-order valence-electron chi connectivity index (χ3n) is 2.98. The van der Waals surface area contributed by atoms with Crippen molar-refractivity contribution in [1.82, 2.24) is 0 Å². The van der Waals surface area contributed by atoms with Crippen molar-refractivity contribution in [3.63, 3.8) is 0 Å². The lowest BCUT2D eigenvalue weighted by Crippen LogP contribution is -2.03. The van der Waals surface area contributed by atoms with Gasteiger partial charge in [-0.05, 0) is 42.3 Å². The van der Waals surface area contributed by atoms with Crippen LogP contribution in [0.3, 0.4) is 0 Å². The second kappa shape index (κ2) is 7.11. The van der Waals surface area contributed by atoms with Crippen molar-refractivity contribution in [2.45, 2.75) is 19.4 Å². The second-order valence-corrected chi connectivity index (χ2v) is 5.75. The van der Waals surface area contributed by atoms with Crippen molar-refractivity contribution in [3.05, 3.63) is 63.1 Å². The summed E-state index contributed by atoms with van der Waals surface area (Å²) in [4.78, 5) is 0. The lowest BCUT2D eigenvalue weighted by Gasteiger charge is -2.14. The zero-order chi connectivity index (χ0) is 14.5. The van der Waals surface area contributed by atoms with E-state index in [1.165, 1.54) is 0 Å². The number of halogens is 2. The molecule has 1 unspecified atom stereocenters. The van der Waals surface area contributed by atoms with E-state index in [-0.39, 0.29) is 0 Å². The molecule has 0 aliphatic heterocycles. The van der Waals surface area contributed by atoms with Crippen molar-refractivity contribution >= 4 is 27.5 Å². The van der Waals surface area contributed by atoms with Crippen LogP contribution in [0, 0.1) is 0 Å². The van der Waals surface area contributed by atoms with Gasteiger partial charge in [0.2, 0.25) is 0 Å². The third kappa shape index (κ3) is 3.98. The maximum Gasteiger partial charge on any atom is 0.120 e. The highest BCUT2D eigenvalue weighted by atomic mass is 79.9. The molecule has 2 aromatic carbocycles. The molecule has 0 saturated heterocycles. The molecule has 0 radical (unpaired) electrons. The molecule has 1 N–H and O–H groups in total. The Morgan fingerprint density at radius 3 is 2.50 bits per heavy atom. The molecule has 0 heterocycles. The van der Waals surface area contributed by atoms with Gasteiger partial charge in [-0.1, -0.05) is 45.7 Å². The van der Waals surface area contributed by atoms with E-state index in [1.54, 1.807) is 0 Å². The minimum absolute atomic E-state index is 0.545. The van der Waals surface area contributed by atoms with Crippen LogP contribution in [-0.4, -0.2) is 11.7 Å². The Hall–Kier alpha value is -1.03. The number of ether oxygens (including phenoxy) is 1. The molecular formula is C16H16BrClO2. The van der Waals surface area contributed by atoms with E-state index in [9.17, 15) is 5.11 Å². The first kappa shape index (κ1) is 15.4. The summed E-state index contributed by atoms with van der Waals surface area (Å²) in [5.41, 5.74) is 1.89. The van der Waals surface area contributed by atoms with Gasteiger partial charge < -0.3 is 9.84 Å². The van der Waals surface area contributed by atoms with Gasteiger partial charge in [-0.2, -0.15) is 0 Å². The minimum Gasteiger partial charge on any atom is -0.494 e. The molecule has 2 nitrogen and oxygen atoms in total. The van der Waals surface area contributed by atoms with E-state index in [0.717, 1.165) is 21.3 Å². The molecule has 0 saturated carbocycles. The molecule has 0 aromatic heterocycles. The number of aliphatic hydroxyl groups excluding tert-OH is 1. The Bertz CT molecular complexity index is 569. The molecule has 4 heteroatoms. The Morgan fingerprint density at radius 1 is 1.20 bits per heavy atom. The SMILES string of the molecule is CCOc1ccc(C(O)Cc2ccc(Cl)cc2)c(Br)c1. The fraction of sp³-hybridized carbons (Fsp3) is 0.250. The molecule has 0 aliphatic carbocycles. The van der Waals surface area contributed by atoms with Crippen LogP contribution in [0.25, 0.3) is 0 Å². The smallest absolute Gasteiger partial charge is 0.120 e. The fourth-order valence-electron chi connectivity index (χ4n) is 1.99. The van der Waals surface area contributed by atoms with Crippen molar-refractivity contribution < 1.29 is 9.84 Å². The fourth-order valence-corrected chi connectivity index (χ4v) is 2.74. The minimum atomic E-state index is -0.568. The lowest BCUT2D eigenvalue weighted by atomic mass is 10.0. The van der Waals surface area contributed by atoms with Crippen LogP contribution in [-0.2, 0) is 6.42 Å². The van der Waals surface area contributed by atoms with Crippen molar-refractivity contribution in [1.29, 1.82) is 0 Å². The largest absolute Gasteiger partial charge is 0.494 e. The first-order valence-corrected chi connectivity index (χ1v) is 7.62. The molecule has 2 rings (SSSR count). The van der Waals surface area contributed by atoms with E-state index in [1.807, 2.05) is 49.4 Å². The van der Waals surface area contributed by atoms with Crippen LogP contribution >= 0.6 is 27.5 Å². The van der Waals surface area contributed by atoms with Crippen LogP contribution in [0.1, 0.15) is 24.2 Å². The van der Waals surface area contributed by atoms with E-state index in [2.05, 4.69) is 15.9 Å².